The zero-order valence-electron chi connectivity index (χ0n) is 10.0. The lowest BCUT2D eigenvalue weighted by Gasteiger charge is -2.13. The van der Waals surface area contributed by atoms with Crippen molar-refractivity contribution in [1.82, 2.24) is 4.98 Å². The van der Waals surface area contributed by atoms with Gasteiger partial charge in [-0.15, -0.1) is 0 Å². The van der Waals surface area contributed by atoms with Crippen molar-refractivity contribution >= 4 is 11.6 Å². The minimum absolute atomic E-state index is 0.264. The molecule has 0 spiro atoms. The van der Waals surface area contributed by atoms with Gasteiger partial charge in [-0.05, 0) is 54.8 Å². The summed E-state index contributed by atoms with van der Waals surface area (Å²) in [6.45, 7) is 1.90. The van der Waals surface area contributed by atoms with E-state index in [0.717, 1.165) is 11.3 Å². The van der Waals surface area contributed by atoms with E-state index in [1.807, 2.05) is 19.1 Å². The molecule has 2 nitrogen and oxygen atoms in total. The fourth-order valence-corrected chi connectivity index (χ4v) is 2.05. The molecule has 0 radical (unpaired) electrons. The van der Waals surface area contributed by atoms with Gasteiger partial charge in [-0.2, -0.15) is 0 Å². The molecule has 0 aliphatic rings. The Hall–Kier alpha value is -1.45. The van der Waals surface area contributed by atoms with Gasteiger partial charge in [0, 0.05) is 23.0 Å². The van der Waals surface area contributed by atoms with Crippen LogP contribution >= 0.6 is 11.6 Å². The molecule has 0 aliphatic heterocycles. The van der Waals surface area contributed by atoms with Crippen LogP contribution in [-0.4, -0.2) is 4.98 Å². The summed E-state index contributed by atoms with van der Waals surface area (Å²) in [5.74, 6) is -0.277. The molecule has 0 saturated heterocycles. The molecule has 18 heavy (non-hydrogen) atoms. The number of benzene rings is 1. The van der Waals surface area contributed by atoms with Crippen molar-refractivity contribution in [3.63, 3.8) is 0 Å². The molecule has 94 valence electrons. The van der Waals surface area contributed by atoms with Crippen molar-refractivity contribution in [1.29, 1.82) is 0 Å². The molecule has 0 bridgehead atoms. The van der Waals surface area contributed by atoms with Crippen molar-refractivity contribution in [2.45, 2.75) is 19.4 Å². The Balaban J connectivity index is 2.21. The number of rotatable bonds is 3. The summed E-state index contributed by atoms with van der Waals surface area (Å²) in [4.78, 5) is 4.11. The zero-order chi connectivity index (χ0) is 13.1. The molecule has 0 saturated carbocycles. The van der Waals surface area contributed by atoms with Gasteiger partial charge in [0.2, 0.25) is 0 Å². The molecule has 2 N–H and O–H groups in total. The van der Waals surface area contributed by atoms with Crippen LogP contribution in [0.1, 0.15) is 22.9 Å². The number of nitrogens with two attached hydrogens (primary N) is 1. The topological polar surface area (TPSA) is 38.9 Å². The number of hydrogen-bond donors (Lipinski definition) is 1. The maximum atomic E-state index is 13.6. The normalized spacial score (nSPS) is 12.4. The van der Waals surface area contributed by atoms with E-state index < -0.39 is 0 Å². The van der Waals surface area contributed by atoms with Crippen LogP contribution < -0.4 is 5.73 Å². The maximum Gasteiger partial charge on any atom is 0.126 e. The molecule has 0 amide bonds. The molecule has 1 atom stereocenters. The monoisotopic (exact) mass is 264 g/mol. The number of nitrogens with zero attached hydrogens (tertiary/aromatic N) is 1. The van der Waals surface area contributed by atoms with Gasteiger partial charge in [-0.1, -0.05) is 11.6 Å². The van der Waals surface area contributed by atoms with Crippen LogP contribution in [0.5, 0.6) is 0 Å². The summed E-state index contributed by atoms with van der Waals surface area (Å²) < 4.78 is 13.6. The van der Waals surface area contributed by atoms with E-state index in [2.05, 4.69) is 4.98 Å². The van der Waals surface area contributed by atoms with Crippen LogP contribution in [0.4, 0.5) is 4.39 Å². The van der Waals surface area contributed by atoms with Gasteiger partial charge in [-0.25, -0.2) is 4.39 Å². The largest absolute Gasteiger partial charge is 0.324 e. The van der Waals surface area contributed by atoms with Crippen LogP contribution in [-0.2, 0) is 6.42 Å². The Morgan fingerprint density at radius 2 is 2.11 bits per heavy atom. The Kier molecular flexibility index (Phi) is 3.94. The van der Waals surface area contributed by atoms with Gasteiger partial charge in [0.25, 0.3) is 0 Å². The van der Waals surface area contributed by atoms with E-state index in [1.54, 1.807) is 12.3 Å². The lowest BCUT2D eigenvalue weighted by molar-refractivity contribution is 0.593. The smallest absolute Gasteiger partial charge is 0.126 e. The van der Waals surface area contributed by atoms with Crippen LogP contribution in [0.15, 0.2) is 36.5 Å². The number of hydrogen-bond acceptors (Lipinski definition) is 2. The highest BCUT2D eigenvalue weighted by atomic mass is 35.5. The summed E-state index contributed by atoms with van der Waals surface area (Å²) in [5, 5.41) is 0.518. The summed E-state index contributed by atoms with van der Waals surface area (Å²) >= 11 is 5.85. The predicted octanol–water partition coefficient (Wildman–Crippen LogP) is 3.43. The van der Waals surface area contributed by atoms with E-state index >= 15 is 0 Å². The van der Waals surface area contributed by atoms with Gasteiger partial charge in [-0.3, -0.25) is 4.98 Å². The Labute approximate surface area is 111 Å². The van der Waals surface area contributed by atoms with Gasteiger partial charge in [0.1, 0.15) is 5.82 Å². The molecule has 4 heteroatoms. The number of pyridine rings is 1. The molecule has 1 unspecified atom stereocenters. The molecule has 2 rings (SSSR count). The summed E-state index contributed by atoms with van der Waals surface area (Å²) in [6, 6.07) is 8.00. The molecule has 1 heterocycles. The quantitative estimate of drug-likeness (QED) is 0.923. The first-order valence-corrected chi connectivity index (χ1v) is 6.06. The van der Waals surface area contributed by atoms with Crippen LogP contribution in [0.3, 0.4) is 0 Å². The third-order valence-electron chi connectivity index (χ3n) is 2.80. The summed E-state index contributed by atoms with van der Waals surface area (Å²) in [6.07, 6.45) is 2.12. The fraction of sp³-hybridized carbons (Fsp3) is 0.214. The van der Waals surface area contributed by atoms with E-state index in [-0.39, 0.29) is 11.9 Å². The molecule has 2 aromatic rings. The third-order valence-corrected chi connectivity index (χ3v) is 3.03. The van der Waals surface area contributed by atoms with Crippen LogP contribution in [0.2, 0.25) is 5.02 Å². The van der Waals surface area contributed by atoms with E-state index in [4.69, 9.17) is 17.3 Å². The molecule has 1 aromatic carbocycles. The van der Waals surface area contributed by atoms with E-state index in [0.29, 0.717) is 17.0 Å². The first kappa shape index (κ1) is 13.0. The second-order valence-corrected chi connectivity index (χ2v) is 4.71. The molecular weight excluding hydrogens is 251 g/mol. The first-order valence-electron chi connectivity index (χ1n) is 5.68. The zero-order valence-corrected chi connectivity index (χ0v) is 10.8. The lowest BCUT2D eigenvalue weighted by Crippen LogP contribution is -2.14. The lowest BCUT2D eigenvalue weighted by atomic mass is 10.00. The van der Waals surface area contributed by atoms with Crippen LogP contribution in [0, 0.1) is 12.7 Å². The molecule has 0 aliphatic carbocycles. The second-order valence-electron chi connectivity index (χ2n) is 4.28. The minimum atomic E-state index is -0.277. The molecular formula is C14H14ClFN2. The highest BCUT2D eigenvalue weighted by molar-refractivity contribution is 6.30. The van der Waals surface area contributed by atoms with Crippen LogP contribution in [0.25, 0.3) is 0 Å². The molecule has 1 aromatic heterocycles. The van der Waals surface area contributed by atoms with Crippen molar-refractivity contribution in [2.24, 2.45) is 5.73 Å². The predicted molar refractivity (Wildman–Crippen MR) is 71.0 cm³/mol. The average molecular weight is 265 g/mol. The van der Waals surface area contributed by atoms with E-state index in [1.165, 1.54) is 12.1 Å². The summed E-state index contributed by atoms with van der Waals surface area (Å²) in [7, 11) is 0. The molecule has 0 fully saturated rings. The van der Waals surface area contributed by atoms with Crippen molar-refractivity contribution in [3.05, 3.63) is 64.2 Å². The number of aryl methyl sites for hydroxylation is 1. The average Bonchev–Trinajstić information content (AvgIpc) is 2.34. The highest BCUT2D eigenvalue weighted by Crippen LogP contribution is 2.21. The van der Waals surface area contributed by atoms with Crippen molar-refractivity contribution < 1.29 is 4.39 Å². The standard InChI is InChI=1S/C14H14ClFN2/c1-9-6-10(4-5-18-9)14(17)8-11-7-12(15)2-3-13(11)16/h2-7,14H,8,17H2,1H3. The SMILES string of the molecule is Cc1cc(C(N)Cc2cc(Cl)ccc2F)ccn1. The van der Waals surface area contributed by atoms with Gasteiger partial charge < -0.3 is 5.73 Å². The fourth-order valence-electron chi connectivity index (χ4n) is 1.85. The third kappa shape index (κ3) is 3.06. The van der Waals surface area contributed by atoms with Gasteiger partial charge >= 0.3 is 0 Å². The van der Waals surface area contributed by atoms with Crippen molar-refractivity contribution in [3.8, 4) is 0 Å². The van der Waals surface area contributed by atoms with E-state index in [9.17, 15) is 4.39 Å². The Morgan fingerprint density at radius 3 is 2.83 bits per heavy atom. The number of halogens is 2. The second kappa shape index (κ2) is 5.46. The number of aromatic nitrogens is 1. The summed E-state index contributed by atoms with van der Waals surface area (Å²) in [5.41, 5.74) is 8.45. The highest BCUT2D eigenvalue weighted by Gasteiger charge is 2.11. The first-order chi connectivity index (χ1) is 8.56. The maximum absolute atomic E-state index is 13.6. The Morgan fingerprint density at radius 1 is 1.33 bits per heavy atom. The Bertz CT molecular complexity index is 557. The van der Waals surface area contributed by atoms with Crippen molar-refractivity contribution in [2.75, 3.05) is 0 Å². The van der Waals surface area contributed by atoms with Gasteiger partial charge in [0.15, 0.2) is 0 Å². The minimum Gasteiger partial charge on any atom is -0.324 e. The van der Waals surface area contributed by atoms with Gasteiger partial charge in [0.05, 0.1) is 0 Å².